The van der Waals surface area contributed by atoms with Crippen LogP contribution in [0, 0.1) is 0 Å². The summed E-state index contributed by atoms with van der Waals surface area (Å²) in [6.07, 6.45) is -37.5. The van der Waals surface area contributed by atoms with Crippen LogP contribution in [0.25, 0.3) is 33.5 Å². The summed E-state index contributed by atoms with van der Waals surface area (Å²) in [5.41, 5.74) is 31.1. The Hall–Kier alpha value is -9.59. The Kier molecular flexibility index (Phi) is 29.2. The molecule has 0 aliphatic carbocycles. The number of nitrogens with zero attached hydrogens (tertiary/aromatic N) is 18. The van der Waals surface area contributed by atoms with E-state index in [4.69, 9.17) is 108 Å². The number of phosphoric acid groups is 5. The first kappa shape index (κ1) is 97.9. The van der Waals surface area contributed by atoms with Gasteiger partial charge in [0.05, 0.1) is 64.7 Å². The number of nitrogens with one attached hydrogen (secondary N) is 2. The Labute approximate surface area is 745 Å². The van der Waals surface area contributed by atoms with Crippen molar-refractivity contribution in [2.45, 2.75) is 166 Å². The lowest BCUT2D eigenvalue weighted by atomic mass is 10.1. The number of rotatable bonds is 39. The zero-order valence-corrected chi connectivity index (χ0v) is 72.8. The molecule has 0 bridgehead atoms. The number of aliphatic hydroxyl groups excluding tert-OH is 7. The maximum Gasteiger partial charge on any atom is 0.472 e. The highest BCUT2D eigenvalue weighted by Crippen LogP contribution is 2.57. The van der Waals surface area contributed by atoms with E-state index in [-0.39, 0.29) is 87.0 Å². The van der Waals surface area contributed by atoms with Crippen molar-refractivity contribution in [2.75, 3.05) is 79.8 Å². The highest BCUT2D eigenvalue weighted by Gasteiger charge is 2.58. The summed E-state index contributed by atoms with van der Waals surface area (Å²) in [5, 5.41) is 86.3. The van der Waals surface area contributed by atoms with Gasteiger partial charge in [0, 0.05) is 18.6 Å². The fourth-order valence-corrected chi connectivity index (χ4v) is 20.1. The molecule has 0 saturated carbocycles. The van der Waals surface area contributed by atoms with E-state index in [1.165, 1.54) is 4.57 Å². The van der Waals surface area contributed by atoms with Gasteiger partial charge in [0.2, 0.25) is 12.3 Å². The SMILES string of the molecule is Nc1ccn([C@@H]2O[C@H](CO)[C@@H](OP(=O)(O)OC[C@H]3O[C@@H](n4cnc5c(N)ncnc54)[C@H](O)[C@@H]3OP(=O)(O)OC[C@H]3O[C@@H](n4cnc5c(N)ncnc54)[C@H](O)[C@@H]3OP(=O)(O)OC[C@H]3O[C@@H](n4ccc(N)nc4=O)[C@H](O)[C@@H]3OP(=O)(O)OC[C@H]3O[C@@H](n4ccc(N)nc4=O)[C@H](O)[C@@H]3OP(=O)(O)OC[C@H]3O[C@@H](n4cnc5c(N)ncnc54)[C@H](O)[C@@H]3NC(=O)C(CCCS)NC=O)[C@H]2O)c(=O)n1. The molecule has 9 aromatic rings. The van der Waals surface area contributed by atoms with E-state index < -0.39 is 255 Å². The maximum atomic E-state index is 14.6. The number of imidazole rings is 3. The second-order valence-electron chi connectivity index (χ2n) is 29.8. The van der Waals surface area contributed by atoms with Crippen LogP contribution in [0.3, 0.4) is 0 Å². The lowest BCUT2D eigenvalue weighted by Gasteiger charge is -2.27. The molecule has 9 aromatic heterocycles. The van der Waals surface area contributed by atoms with E-state index in [0.29, 0.717) is 15.6 Å². The van der Waals surface area contributed by atoms with Crippen LogP contribution in [-0.2, 0) is 106 Å². The molecule has 6 fully saturated rings. The van der Waals surface area contributed by atoms with Crippen molar-refractivity contribution in [3.63, 3.8) is 0 Å². The highest BCUT2D eigenvalue weighted by molar-refractivity contribution is 7.80. The standard InChI is InChI=1S/C63H83N26O38P5S/c64-30-3-6-84(61(99)80-30)56-38(93)43(24(10-90)117-56)123-129(104,105)113-14-28-46(41(96)59(121-28)88-20-77-35-49(68)71-17-74-52(35)88)127-132(110,111)116-15-29-47(42(97)60(122-29)89-21-78-36-50(69)72-18-75-53(36)89)126-131(108,109)115-13-27-45(40(95)58(120-27)86-8-5-32(66)82-63(86)101)125-130(106,107)114-12-26-44(39(94)57(119-26)85-7-4-31(65)81-62(85)100)124-128(102,103)112-11-25-33(83-54(98)23(79-22-91)2-1-9-133)37(92)55(118-25)87-19-76-34-48(67)70-16-73-51(34)87/h3-8,16-29,33,37-47,55-60,90,92-97,133H,1-2,9-15H2,(H,79,91)(H,83,98)(H,102,103)(H,104,105)(H,106,107)(H,108,109)(H,110,111)(H2,64,80,99)(H2,65,81,100)(H2,66,82,101)(H2,67,70,73)(H2,68,71,74)(H2,69,72,75)/t23?,24-,25-,26-,27-,28-,29-,33-,37-,38-,39-,40-,41-,42-,43-,44-,45-,46-,47-,55-,56-,57-,58-,59-,60-/m1/s1. The van der Waals surface area contributed by atoms with E-state index >= 15 is 0 Å². The minimum atomic E-state index is -6.01. The molecule has 6 aliphatic rings. The number of carbonyl (C=O) groups is 2. The zero-order chi connectivity index (χ0) is 95.4. The third-order valence-corrected chi connectivity index (χ3v) is 26.5. The molecule has 70 heteroatoms. The number of hydrogen-bond acceptors (Lipinski definition) is 52. The Balaban J connectivity index is 0.656. The number of anilines is 6. The Morgan fingerprint density at radius 3 is 1.00 bits per heavy atom. The summed E-state index contributed by atoms with van der Waals surface area (Å²) in [4.78, 5) is 170. The maximum absolute atomic E-state index is 14.6. The number of carbonyl (C=O) groups excluding carboxylic acids is 2. The topological polar surface area (TPSA) is 926 Å². The van der Waals surface area contributed by atoms with E-state index in [2.05, 4.69) is 83.1 Å². The smallest absolute Gasteiger partial charge is 0.394 e. The van der Waals surface area contributed by atoms with Crippen LogP contribution in [0.5, 0.6) is 0 Å². The molecule has 6 unspecified atom stereocenters. The molecular formula is C63H83N26O38P5S. The molecule has 0 aromatic carbocycles. The second kappa shape index (κ2) is 39.6. The molecule has 26 N–H and O–H groups in total. The number of amides is 2. The molecule has 2 amide bonds. The average molecular weight is 2000 g/mol. The van der Waals surface area contributed by atoms with Crippen molar-refractivity contribution in [3.05, 3.63) is 106 Å². The first-order valence-electron chi connectivity index (χ1n) is 38.9. The number of thiol groups is 1. The zero-order valence-electron chi connectivity index (χ0n) is 67.5. The van der Waals surface area contributed by atoms with Crippen LogP contribution in [0.4, 0.5) is 34.9 Å². The van der Waals surface area contributed by atoms with Crippen molar-refractivity contribution in [2.24, 2.45) is 0 Å². The van der Waals surface area contributed by atoms with Gasteiger partial charge < -0.3 is 134 Å². The molecular weight excluding hydrogens is 1920 g/mol. The Morgan fingerprint density at radius 1 is 0.429 bits per heavy atom. The van der Waals surface area contributed by atoms with Crippen molar-refractivity contribution in [3.8, 4) is 0 Å². The number of fused-ring (bicyclic) bond motifs is 3. The Morgan fingerprint density at radius 2 is 0.707 bits per heavy atom. The number of aromatic nitrogens is 18. The Bertz CT molecular complexity index is 6220. The molecule has 724 valence electrons. The fourth-order valence-electron chi connectivity index (χ4n) is 15.1. The molecule has 15 heterocycles. The van der Waals surface area contributed by atoms with Crippen LogP contribution in [0.2, 0.25) is 0 Å². The quantitative estimate of drug-likeness (QED) is 0.00966. The summed E-state index contributed by atoms with van der Waals surface area (Å²) in [6.45, 7) is -7.62. The number of phosphoric ester groups is 5. The van der Waals surface area contributed by atoms with Gasteiger partial charge in [-0.05, 0) is 36.8 Å². The predicted octanol–water partition coefficient (Wildman–Crippen LogP) is -7.87. The van der Waals surface area contributed by atoms with Gasteiger partial charge in [0.15, 0.2) is 71.8 Å². The van der Waals surface area contributed by atoms with Gasteiger partial charge in [0.1, 0.15) is 163 Å². The van der Waals surface area contributed by atoms with Crippen molar-refractivity contribution >= 4 is 132 Å². The van der Waals surface area contributed by atoms with E-state index in [1.54, 1.807) is 0 Å². The number of nitrogens with two attached hydrogens (primary N) is 6. The normalized spacial score (nSPS) is 31.4. The molecule has 133 heavy (non-hydrogen) atoms. The van der Waals surface area contributed by atoms with Gasteiger partial charge in [-0.25, -0.2) is 82.1 Å². The van der Waals surface area contributed by atoms with E-state index in [1.807, 2.05) is 0 Å². The molecule has 0 spiro atoms. The van der Waals surface area contributed by atoms with Crippen molar-refractivity contribution < 1.29 is 166 Å². The number of aliphatic hydroxyl groups is 7. The van der Waals surface area contributed by atoms with Gasteiger partial charge in [-0.15, -0.1) is 0 Å². The third kappa shape index (κ3) is 21.0. The summed E-state index contributed by atoms with van der Waals surface area (Å²) < 4.78 is 166. The lowest BCUT2D eigenvalue weighted by molar-refractivity contribution is -0.127. The summed E-state index contributed by atoms with van der Waals surface area (Å²) >= 11 is 4.16. The monoisotopic (exact) mass is 2000 g/mol. The van der Waals surface area contributed by atoms with Crippen LogP contribution in [0.1, 0.15) is 50.2 Å². The van der Waals surface area contributed by atoms with E-state index in [0.717, 1.165) is 88.5 Å². The molecule has 6 aliphatic heterocycles. The van der Waals surface area contributed by atoms with Gasteiger partial charge >= 0.3 is 56.2 Å². The average Bonchev–Trinajstić information content (AvgIpc) is 1.62. The first-order chi connectivity index (χ1) is 63.0. The van der Waals surface area contributed by atoms with Crippen LogP contribution in [-0.4, -0.2) is 321 Å². The van der Waals surface area contributed by atoms with Crippen molar-refractivity contribution in [1.29, 1.82) is 0 Å². The fraction of sp³-hybridized carbons (Fsp3) is 0.540. The minimum Gasteiger partial charge on any atom is -0.394 e. The number of nitrogen functional groups attached to an aromatic ring is 6. The van der Waals surface area contributed by atoms with Crippen molar-refractivity contribution in [1.82, 2.24) is 97.8 Å². The minimum absolute atomic E-state index is 0.00233. The predicted molar refractivity (Wildman–Crippen MR) is 436 cm³/mol. The van der Waals surface area contributed by atoms with Crippen LogP contribution >= 0.6 is 51.7 Å². The molecule has 15 rings (SSSR count). The third-order valence-electron chi connectivity index (χ3n) is 21.3. The summed E-state index contributed by atoms with van der Waals surface area (Å²) in [5.74, 6) is -2.07. The van der Waals surface area contributed by atoms with Gasteiger partial charge in [-0.2, -0.15) is 27.6 Å². The lowest BCUT2D eigenvalue weighted by Crippen LogP contribution is -2.54. The molecule has 30 atom stereocenters. The molecule has 64 nitrogen and oxygen atoms in total. The van der Waals surface area contributed by atoms with Crippen LogP contribution in [0.15, 0.2) is 89.1 Å². The highest BCUT2D eigenvalue weighted by atomic mass is 32.1. The summed E-state index contributed by atoms with van der Waals surface area (Å²) in [7, 11) is -29.3. The largest absolute Gasteiger partial charge is 0.472 e. The molecule has 6 saturated heterocycles. The first-order valence-corrected chi connectivity index (χ1v) is 47.0. The van der Waals surface area contributed by atoms with E-state index in [9.17, 15) is 107 Å². The van der Waals surface area contributed by atoms with Gasteiger partial charge in [0.25, 0.3) is 0 Å². The van der Waals surface area contributed by atoms with Crippen LogP contribution < -0.4 is 62.1 Å². The number of hydrogen-bond donors (Lipinski definition) is 21. The van der Waals surface area contributed by atoms with Gasteiger partial charge in [-0.3, -0.25) is 82.2 Å². The number of ether oxygens (including phenoxy) is 6. The molecule has 0 radical (unpaired) electrons. The van der Waals surface area contributed by atoms with Gasteiger partial charge in [-0.1, -0.05) is 0 Å². The second-order valence-corrected chi connectivity index (χ2v) is 37.3. The summed E-state index contributed by atoms with van der Waals surface area (Å²) in [6, 6.07) is 0.406.